The van der Waals surface area contributed by atoms with Gasteiger partial charge in [0.2, 0.25) is 0 Å². The number of para-hydroxylation sites is 4. The Balaban J connectivity index is 1.11. The molecule has 0 unspecified atom stereocenters. The Hall–Kier alpha value is -8.74. The van der Waals surface area contributed by atoms with Crippen molar-refractivity contribution in [1.82, 2.24) is 19.9 Å². The van der Waals surface area contributed by atoms with Crippen LogP contribution in [-0.4, -0.2) is 19.9 Å². The first kappa shape index (κ1) is 36.0. The fourth-order valence-electron chi connectivity index (χ4n) is 9.55. The van der Waals surface area contributed by atoms with Crippen LogP contribution < -0.4 is 0 Å². The number of aromatic nitrogens is 4. The highest BCUT2D eigenvalue weighted by atomic mass is 16.3. The summed E-state index contributed by atoms with van der Waals surface area (Å²) in [5, 5.41) is 8.57. The third-order valence-corrected chi connectivity index (χ3v) is 12.4. The molecule has 0 atom stereocenters. The molecule has 0 fully saturated rings. The van der Waals surface area contributed by atoms with E-state index in [-0.39, 0.29) is 0 Å². The molecule has 13 rings (SSSR count). The number of rotatable bonds is 6. The second-order valence-electron chi connectivity index (χ2n) is 16.1. The van der Waals surface area contributed by atoms with Crippen molar-refractivity contribution in [3.05, 3.63) is 207 Å². The molecule has 0 bridgehead atoms. The third-order valence-electron chi connectivity index (χ3n) is 12.4. The van der Waals surface area contributed by atoms with Crippen LogP contribution in [0.5, 0.6) is 0 Å². The smallest absolute Gasteiger partial charge is 0.165 e. The van der Waals surface area contributed by atoms with Crippen molar-refractivity contribution in [3.8, 4) is 67.5 Å². The lowest BCUT2D eigenvalue weighted by Crippen LogP contribution is -2.02. The standard InChI is InChI=1S/C58H34N4O2/c1-2-14-36(15-3-1)56-60-57(62-58(61-56)53-46-20-6-4-18-44(46)52(35-28-30-59-31-29-35)45-19-5-7-21-47(45)53)39-33-37(40-22-12-24-48-42-16-8-10-26-50(42)63-54(40)48)32-38(34-39)41-23-13-25-49-43-17-9-11-27-51(43)64-55(41)49/h1-34H. The monoisotopic (exact) mass is 818 g/mol. The van der Waals surface area contributed by atoms with Crippen LogP contribution in [0.3, 0.4) is 0 Å². The van der Waals surface area contributed by atoms with Crippen molar-refractivity contribution in [2.45, 2.75) is 0 Å². The fourth-order valence-corrected chi connectivity index (χ4v) is 9.55. The summed E-state index contributed by atoms with van der Waals surface area (Å²) in [6.07, 6.45) is 3.70. The molecule has 0 spiro atoms. The fraction of sp³-hybridized carbons (Fsp3) is 0. The Morgan fingerprint density at radius 3 is 1.25 bits per heavy atom. The molecule has 0 saturated heterocycles. The van der Waals surface area contributed by atoms with E-state index in [9.17, 15) is 0 Å². The zero-order valence-corrected chi connectivity index (χ0v) is 34.2. The molecule has 64 heavy (non-hydrogen) atoms. The summed E-state index contributed by atoms with van der Waals surface area (Å²) in [5.41, 5.74) is 12.1. The SMILES string of the molecule is c1ccc(-c2nc(-c3cc(-c4cccc5c4oc4ccccc45)cc(-c4cccc5c4oc4ccccc45)c3)nc(-c3c4ccccc4c(-c4ccncc4)c4ccccc34)n2)cc1. The van der Waals surface area contributed by atoms with E-state index in [0.29, 0.717) is 17.5 Å². The van der Waals surface area contributed by atoms with Crippen LogP contribution in [0.25, 0.3) is 133 Å². The van der Waals surface area contributed by atoms with E-state index >= 15 is 0 Å². The van der Waals surface area contributed by atoms with Gasteiger partial charge in [-0.25, -0.2) is 15.0 Å². The summed E-state index contributed by atoms with van der Waals surface area (Å²) < 4.78 is 13.3. The minimum Gasteiger partial charge on any atom is -0.455 e. The molecular formula is C58H34N4O2. The summed E-state index contributed by atoms with van der Waals surface area (Å²) in [5.74, 6) is 1.72. The van der Waals surface area contributed by atoms with Crippen molar-refractivity contribution < 1.29 is 8.83 Å². The molecule has 0 N–H and O–H groups in total. The quantitative estimate of drug-likeness (QED) is 0.156. The van der Waals surface area contributed by atoms with Crippen molar-refractivity contribution in [2.24, 2.45) is 0 Å². The number of pyridine rings is 1. The first-order valence-electron chi connectivity index (χ1n) is 21.4. The normalized spacial score (nSPS) is 11.8. The van der Waals surface area contributed by atoms with Crippen LogP contribution in [0.2, 0.25) is 0 Å². The van der Waals surface area contributed by atoms with Gasteiger partial charge in [-0.1, -0.05) is 152 Å². The predicted octanol–water partition coefficient (Wildman–Crippen LogP) is 15.4. The second kappa shape index (κ2) is 14.4. The third kappa shape index (κ3) is 5.73. The molecular weight excluding hydrogens is 785 g/mol. The lowest BCUT2D eigenvalue weighted by molar-refractivity contribution is 0.670. The average Bonchev–Trinajstić information content (AvgIpc) is 3.95. The van der Waals surface area contributed by atoms with Crippen LogP contribution in [0, 0.1) is 0 Å². The molecule has 0 saturated carbocycles. The molecule has 0 aliphatic rings. The van der Waals surface area contributed by atoms with Crippen LogP contribution in [0.15, 0.2) is 215 Å². The van der Waals surface area contributed by atoms with E-state index < -0.39 is 0 Å². The predicted molar refractivity (Wildman–Crippen MR) is 260 cm³/mol. The van der Waals surface area contributed by atoms with Crippen molar-refractivity contribution in [3.63, 3.8) is 0 Å². The molecule has 4 aromatic heterocycles. The summed E-state index contributed by atoms with van der Waals surface area (Å²) in [6, 6.07) is 67.1. The van der Waals surface area contributed by atoms with E-state index in [4.69, 9.17) is 23.8 Å². The molecule has 0 amide bonds. The maximum absolute atomic E-state index is 6.65. The van der Waals surface area contributed by atoms with Gasteiger partial charge in [0.1, 0.15) is 22.3 Å². The van der Waals surface area contributed by atoms with E-state index in [0.717, 1.165) is 115 Å². The zero-order chi connectivity index (χ0) is 42.1. The highest BCUT2D eigenvalue weighted by Crippen LogP contribution is 2.45. The van der Waals surface area contributed by atoms with Gasteiger partial charge in [-0.05, 0) is 86.3 Å². The van der Waals surface area contributed by atoms with E-state index in [1.807, 2.05) is 54.9 Å². The second-order valence-corrected chi connectivity index (χ2v) is 16.1. The number of fused-ring (bicyclic) bond motifs is 8. The van der Waals surface area contributed by atoms with E-state index in [1.165, 1.54) is 0 Å². The molecule has 13 aromatic rings. The lowest BCUT2D eigenvalue weighted by Gasteiger charge is -2.17. The zero-order valence-electron chi connectivity index (χ0n) is 34.2. The molecule has 6 nitrogen and oxygen atoms in total. The van der Waals surface area contributed by atoms with Crippen molar-refractivity contribution >= 4 is 65.4 Å². The van der Waals surface area contributed by atoms with Gasteiger partial charge in [-0.3, -0.25) is 4.98 Å². The average molecular weight is 819 g/mol. The molecule has 0 aliphatic carbocycles. The van der Waals surface area contributed by atoms with Gasteiger partial charge in [0.05, 0.1) is 0 Å². The largest absolute Gasteiger partial charge is 0.455 e. The number of hydrogen-bond acceptors (Lipinski definition) is 6. The van der Waals surface area contributed by atoms with Gasteiger partial charge in [-0.2, -0.15) is 0 Å². The number of benzene rings is 9. The van der Waals surface area contributed by atoms with Crippen LogP contribution in [0.1, 0.15) is 0 Å². The van der Waals surface area contributed by atoms with Crippen LogP contribution in [0.4, 0.5) is 0 Å². The molecule has 0 aliphatic heterocycles. The molecule has 6 heteroatoms. The number of furan rings is 2. The summed E-state index contributed by atoms with van der Waals surface area (Å²) in [7, 11) is 0. The molecule has 298 valence electrons. The number of hydrogen-bond donors (Lipinski definition) is 0. The number of nitrogens with zero attached hydrogens (tertiary/aromatic N) is 4. The van der Waals surface area contributed by atoms with Gasteiger partial charge >= 0.3 is 0 Å². The van der Waals surface area contributed by atoms with Gasteiger partial charge in [0.25, 0.3) is 0 Å². The Kier molecular flexibility index (Phi) is 8.11. The van der Waals surface area contributed by atoms with E-state index in [2.05, 4.69) is 157 Å². The van der Waals surface area contributed by atoms with Crippen LogP contribution in [-0.2, 0) is 0 Å². The summed E-state index contributed by atoms with van der Waals surface area (Å²) in [4.78, 5) is 20.5. The highest BCUT2D eigenvalue weighted by Gasteiger charge is 2.23. The summed E-state index contributed by atoms with van der Waals surface area (Å²) in [6.45, 7) is 0. The first-order valence-corrected chi connectivity index (χ1v) is 21.4. The Morgan fingerprint density at radius 1 is 0.281 bits per heavy atom. The van der Waals surface area contributed by atoms with E-state index in [1.54, 1.807) is 0 Å². The maximum atomic E-state index is 6.65. The first-order chi connectivity index (χ1) is 31.7. The minimum atomic E-state index is 0.548. The van der Waals surface area contributed by atoms with Crippen molar-refractivity contribution in [2.75, 3.05) is 0 Å². The lowest BCUT2D eigenvalue weighted by atomic mass is 9.88. The van der Waals surface area contributed by atoms with Gasteiger partial charge in [-0.15, -0.1) is 0 Å². The van der Waals surface area contributed by atoms with Gasteiger partial charge in [0, 0.05) is 61.8 Å². The Bertz CT molecular complexity index is 3780. The molecule has 9 aromatic carbocycles. The minimum absolute atomic E-state index is 0.548. The van der Waals surface area contributed by atoms with Crippen LogP contribution >= 0.6 is 0 Å². The topological polar surface area (TPSA) is 77.8 Å². The molecule has 0 radical (unpaired) electrons. The van der Waals surface area contributed by atoms with Gasteiger partial charge < -0.3 is 8.83 Å². The van der Waals surface area contributed by atoms with Crippen molar-refractivity contribution in [1.29, 1.82) is 0 Å². The summed E-state index contributed by atoms with van der Waals surface area (Å²) >= 11 is 0. The maximum Gasteiger partial charge on any atom is 0.165 e. The Labute approximate surface area is 366 Å². The Morgan fingerprint density at radius 2 is 0.703 bits per heavy atom. The highest BCUT2D eigenvalue weighted by molar-refractivity contribution is 6.21. The molecule has 4 heterocycles. The van der Waals surface area contributed by atoms with Gasteiger partial charge in [0.15, 0.2) is 17.5 Å².